The second-order valence-electron chi connectivity index (χ2n) is 8.09. The third-order valence-electron chi connectivity index (χ3n) is 5.67. The van der Waals surface area contributed by atoms with Gasteiger partial charge in [-0.3, -0.25) is 14.9 Å². The van der Waals surface area contributed by atoms with Gasteiger partial charge in [-0.25, -0.2) is 14.1 Å². The summed E-state index contributed by atoms with van der Waals surface area (Å²) in [6, 6.07) is 16.3. The number of ether oxygens (including phenoxy) is 1. The Bertz CT molecular complexity index is 1350. The van der Waals surface area contributed by atoms with Gasteiger partial charge in [-0.2, -0.15) is 0 Å². The summed E-state index contributed by atoms with van der Waals surface area (Å²) >= 11 is 0. The number of nitrogens with zero attached hydrogens (tertiary/aromatic N) is 1. The van der Waals surface area contributed by atoms with E-state index < -0.39 is 17.8 Å². The van der Waals surface area contributed by atoms with Gasteiger partial charge in [0.2, 0.25) is 0 Å². The van der Waals surface area contributed by atoms with Crippen molar-refractivity contribution in [3.8, 4) is 5.75 Å². The van der Waals surface area contributed by atoms with Crippen LogP contribution >= 0.6 is 0 Å². The number of halogens is 1. The van der Waals surface area contributed by atoms with Gasteiger partial charge >= 0.3 is 6.03 Å². The van der Waals surface area contributed by atoms with E-state index in [2.05, 4.69) is 5.32 Å². The molecule has 0 bridgehead atoms. The van der Waals surface area contributed by atoms with Gasteiger partial charge in [0.15, 0.2) is 0 Å². The number of rotatable bonds is 5. The Morgan fingerprint density at radius 1 is 0.971 bits per heavy atom. The van der Waals surface area contributed by atoms with Crippen molar-refractivity contribution >= 4 is 29.6 Å². The Labute approximate surface area is 196 Å². The summed E-state index contributed by atoms with van der Waals surface area (Å²) in [5.74, 6) is -1.30. The van der Waals surface area contributed by atoms with Crippen LogP contribution in [0.4, 0.5) is 14.9 Å². The highest BCUT2D eigenvalue weighted by Gasteiger charge is 2.37. The van der Waals surface area contributed by atoms with E-state index in [0.717, 1.165) is 21.6 Å². The average molecular weight is 458 g/mol. The number of amides is 4. The van der Waals surface area contributed by atoms with Gasteiger partial charge in [0.05, 0.1) is 12.8 Å². The fourth-order valence-corrected chi connectivity index (χ4v) is 3.85. The topological polar surface area (TPSA) is 75.7 Å². The monoisotopic (exact) mass is 458 g/mol. The zero-order valence-electron chi connectivity index (χ0n) is 19.0. The van der Waals surface area contributed by atoms with Crippen LogP contribution in [0.15, 0.2) is 66.2 Å². The lowest BCUT2D eigenvalue weighted by molar-refractivity contribution is -0.122. The van der Waals surface area contributed by atoms with Crippen molar-refractivity contribution in [2.75, 3.05) is 12.0 Å². The molecule has 1 N–H and O–H groups in total. The molecule has 0 radical (unpaired) electrons. The Morgan fingerprint density at radius 3 is 2.47 bits per heavy atom. The summed E-state index contributed by atoms with van der Waals surface area (Å²) in [6.07, 6.45) is 1.73. The number of nitrogens with one attached hydrogen (secondary N) is 1. The van der Waals surface area contributed by atoms with Gasteiger partial charge in [-0.15, -0.1) is 0 Å². The van der Waals surface area contributed by atoms with E-state index in [1.807, 2.05) is 19.1 Å². The molecule has 0 aliphatic carbocycles. The molecular weight excluding hydrogens is 435 g/mol. The lowest BCUT2D eigenvalue weighted by atomic mass is 10.00. The number of benzene rings is 3. The Morgan fingerprint density at radius 2 is 1.74 bits per heavy atom. The van der Waals surface area contributed by atoms with Crippen LogP contribution in [-0.4, -0.2) is 25.0 Å². The molecule has 0 saturated carbocycles. The summed E-state index contributed by atoms with van der Waals surface area (Å²) in [5, 5.41) is 2.24. The molecule has 3 aromatic carbocycles. The lowest BCUT2D eigenvalue weighted by Gasteiger charge is -2.27. The molecule has 3 aromatic rings. The molecule has 1 saturated heterocycles. The third-order valence-corrected chi connectivity index (χ3v) is 5.67. The van der Waals surface area contributed by atoms with E-state index in [-0.39, 0.29) is 11.4 Å². The number of hydrogen-bond donors (Lipinski definition) is 1. The second-order valence-corrected chi connectivity index (χ2v) is 8.09. The van der Waals surface area contributed by atoms with Crippen molar-refractivity contribution < 1.29 is 23.5 Å². The first-order valence-electron chi connectivity index (χ1n) is 10.7. The molecule has 172 valence electrons. The number of anilines is 1. The molecule has 1 aliphatic heterocycles. The number of urea groups is 1. The van der Waals surface area contributed by atoms with Crippen LogP contribution in [0.5, 0.6) is 5.75 Å². The van der Waals surface area contributed by atoms with E-state index in [1.165, 1.54) is 19.3 Å². The first kappa shape index (κ1) is 22.9. The van der Waals surface area contributed by atoms with Crippen LogP contribution in [0.1, 0.15) is 27.8 Å². The molecule has 6 nitrogen and oxygen atoms in total. The molecule has 0 unspecified atom stereocenters. The summed E-state index contributed by atoms with van der Waals surface area (Å²) in [5.41, 5.74) is 3.64. The van der Waals surface area contributed by atoms with Gasteiger partial charge in [0.1, 0.15) is 17.1 Å². The van der Waals surface area contributed by atoms with Crippen molar-refractivity contribution in [2.24, 2.45) is 0 Å². The predicted molar refractivity (Wildman–Crippen MR) is 127 cm³/mol. The molecule has 4 rings (SSSR count). The molecule has 0 aromatic heterocycles. The van der Waals surface area contributed by atoms with Crippen LogP contribution in [0.3, 0.4) is 0 Å². The molecule has 1 heterocycles. The van der Waals surface area contributed by atoms with Crippen LogP contribution < -0.4 is 15.0 Å². The quantitative estimate of drug-likeness (QED) is 0.444. The minimum Gasteiger partial charge on any atom is -0.496 e. The van der Waals surface area contributed by atoms with E-state index in [9.17, 15) is 18.8 Å². The normalized spacial score (nSPS) is 15.0. The number of methoxy groups -OCH3 is 1. The largest absolute Gasteiger partial charge is 0.496 e. The van der Waals surface area contributed by atoms with Crippen LogP contribution in [0, 0.1) is 19.7 Å². The van der Waals surface area contributed by atoms with Gasteiger partial charge in [-0.05, 0) is 65.9 Å². The smallest absolute Gasteiger partial charge is 0.335 e. The summed E-state index contributed by atoms with van der Waals surface area (Å²) in [4.78, 5) is 39.2. The molecule has 0 spiro atoms. The second kappa shape index (κ2) is 9.31. The standard InChI is InChI=1S/C27H23FN2O4/c1-16-8-9-17(2)23(12-16)30-26(32)21(25(31)29-27(30)33)13-18-10-11-20(24(14-18)34-3)15-19-6-4-5-7-22(19)28/h4-14H,15H2,1-3H3,(H,29,31,33)/b21-13+. The molecule has 4 amide bonds. The first-order valence-corrected chi connectivity index (χ1v) is 10.7. The number of imide groups is 2. The average Bonchev–Trinajstić information content (AvgIpc) is 2.81. The maximum atomic E-state index is 14.1. The minimum atomic E-state index is -0.793. The third kappa shape index (κ3) is 4.45. The van der Waals surface area contributed by atoms with Crippen molar-refractivity contribution in [1.29, 1.82) is 0 Å². The molecular formula is C27H23FN2O4. The van der Waals surface area contributed by atoms with Crippen molar-refractivity contribution in [3.05, 3.63) is 99.9 Å². The Balaban J connectivity index is 1.69. The maximum Gasteiger partial charge on any atom is 0.335 e. The first-order chi connectivity index (χ1) is 16.3. The van der Waals surface area contributed by atoms with Gasteiger partial charge in [-0.1, -0.05) is 42.5 Å². The molecule has 1 aliphatic rings. The van der Waals surface area contributed by atoms with E-state index in [1.54, 1.807) is 49.4 Å². The zero-order chi connectivity index (χ0) is 24.4. The summed E-state index contributed by atoms with van der Waals surface area (Å²) in [6.45, 7) is 3.64. The van der Waals surface area contributed by atoms with Gasteiger partial charge in [0.25, 0.3) is 11.8 Å². The van der Waals surface area contributed by atoms with E-state index in [4.69, 9.17) is 4.74 Å². The summed E-state index contributed by atoms with van der Waals surface area (Å²) < 4.78 is 19.6. The van der Waals surface area contributed by atoms with E-state index >= 15 is 0 Å². The number of barbiturate groups is 1. The highest BCUT2D eigenvalue weighted by atomic mass is 19.1. The number of aryl methyl sites for hydroxylation is 2. The van der Waals surface area contributed by atoms with Crippen LogP contribution in [0.25, 0.3) is 6.08 Å². The maximum absolute atomic E-state index is 14.1. The fraction of sp³-hybridized carbons (Fsp3) is 0.148. The highest BCUT2D eigenvalue weighted by molar-refractivity contribution is 6.39. The summed E-state index contributed by atoms with van der Waals surface area (Å²) in [7, 11) is 1.50. The molecule has 34 heavy (non-hydrogen) atoms. The fourth-order valence-electron chi connectivity index (χ4n) is 3.85. The Hall–Kier alpha value is -4.26. The molecule has 7 heteroatoms. The van der Waals surface area contributed by atoms with Gasteiger partial charge < -0.3 is 4.74 Å². The SMILES string of the molecule is COc1cc(/C=C2\C(=O)NC(=O)N(c3cc(C)ccc3C)C2=O)ccc1Cc1ccccc1F. The van der Waals surface area contributed by atoms with Crippen molar-refractivity contribution in [3.63, 3.8) is 0 Å². The number of carbonyl (C=O) groups excluding carboxylic acids is 3. The number of carbonyl (C=O) groups is 3. The van der Waals surface area contributed by atoms with Crippen LogP contribution in [-0.2, 0) is 16.0 Å². The highest BCUT2D eigenvalue weighted by Crippen LogP contribution is 2.28. The molecule has 1 fully saturated rings. The van der Waals surface area contributed by atoms with Crippen LogP contribution in [0.2, 0.25) is 0 Å². The minimum absolute atomic E-state index is 0.176. The Kier molecular flexibility index (Phi) is 6.27. The van der Waals surface area contributed by atoms with Crippen molar-refractivity contribution in [1.82, 2.24) is 5.32 Å². The van der Waals surface area contributed by atoms with E-state index in [0.29, 0.717) is 29.0 Å². The lowest BCUT2D eigenvalue weighted by Crippen LogP contribution is -2.54. The van der Waals surface area contributed by atoms with Crippen molar-refractivity contribution in [2.45, 2.75) is 20.3 Å². The van der Waals surface area contributed by atoms with Gasteiger partial charge in [0, 0.05) is 6.42 Å². The number of hydrogen-bond acceptors (Lipinski definition) is 4. The molecule has 0 atom stereocenters. The predicted octanol–water partition coefficient (Wildman–Crippen LogP) is 4.71. The zero-order valence-corrected chi connectivity index (χ0v) is 19.0.